The highest BCUT2D eigenvalue weighted by Crippen LogP contribution is 2.13. The van der Waals surface area contributed by atoms with Crippen LogP contribution in [0.15, 0.2) is 36.7 Å². The van der Waals surface area contributed by atoms with Gasteiger partial charge < -0.3 is 16.4 Å². The normalized spacial score (nSPS) is 9.95. The molecule has 6 heteroatoms. The number of anilines is 2. The van der Waals surface area contributed by atoms with Crippen LogP contribution in [0.3, 0.4) is 0 Å². The van der Waals surface area contributed by atoms with Crippen LogP contribution >= 0.6 is 0 Å². The highest BCUT2D eigenvalue weighted by molar-refractivity contribution is 5.97. The Kier molecular flexibility index (Phi) is 3.92. The fourth-order valence-electron chi connectivity index (χ4n) is 1.65. The molecule has 2 heterocycles. The van der Waals surface area contributed by atoms with E-state index in [1.54, 1.807) is 24.5 Å². The monoisotopic (exact) mass is 257 g/mol. The fourth-order valence-corrected chi connectivity index (χ4v) is 1.65. The Hall–Kier alpha value is -2.63. The van der Waals surface area contributed by atoms with Crippen molar-refractivity contribution in [2.45, 2.75) is 6.54 Å². The Morgan fingerprint density at radius 3 is 2.89 bits per heavy atom. The van der Waals surface area contributed by atoms with E-state index in [1.807, 2.05) is 19.2 Å². The predicted octanol–water partition coefficient (Wildman–Crippen LogP) is 1.23. The minimum Gasteiger partial charge on any atom is -0.373 e. The lowest BCUT2D eigenvalue weighted by atomic mass is 10.2. The minimum atomic E-state index is -0.499. The van der Waals surface area contributed by atoms with Gasteiger partial charge in [-0.25, -0.2) is 9.97 Å². The minimum absolute atomic E-state index is 0.380. The molecule has 0 spiro atoms. The Morgan fingerprint density at radius 2 is 2.16 bits per heavy atom. The summed E-state index contributed by atoms with van der Waals surface area (Å²) in [5.74, 6) is 0.773. The number of rotatable bonds is 5. The summed E-state index contributed by atoms with van der Waals surface area (Å²) in [6.07, 6.45) is 3.33. The Labute approximate surface area is 111 Å². The van der Waals surface area contributed by atoms with Gasteiger partial charge in [0.05, 0.1) is 5.56 Å². The molecule has 0 saturated carbocycles. The van der Waals surface area contributed by atoms with Crippen LogP contribution in [0, 0.1) is 0 Å². The summed E-state index contributed by atoms with van der Waals surface area (Å²) in [5, 5.41) is 6.06. The molecule has 0 aliphatic heterocycles. The van der Waals surface area contributed by atoms with E-state index in [1.165, 1.54) is 0 Å². The SMILES string of the molecule is CNc1cc(CNc2ncccc2C(N)=O)ccn1. The van der Waals surface area contributed by atoms with E-state index in [0.29, 0.717) is 17.9 Å². The van der Waals surface area contributed by atoms with E-state index in [-0.39, 0.29) is 0 Å². The summed E-state index contributed by atoms with van der Waals surface area (Å²) < 4.78 is 0. The van der Waals surface area contributed by atoms with Crippen molar-refractivity contribution in [1.82, 2.24) is 9.97 Å². The summed E-state index contributed by atoms with van der Waals surface area (Å²) >= 11 is 0. The molecule has 0 fully saturated rings. The van der Waals surface area contributed by atoms with Crippen LogP contribution in [0.4, 0.5) is 11.6 Å². The third-order valence-electron chi connectivity index (χ3n) is 2.61. The van der Waals surface area contributed by atoms with Crippen LogP contribution in [0.1, 0.15) is 15.9 Å². The third-order valence-corrected chi connectivity index (χ3v) is 2.61. The van der Waals surface area contributed by atoms with E-state index in [4.69, 9.17) is 5.73 Å². The molecule has 0 aliphatic carbocycles. The highest BCUT2D eigenvalue weighted by atomic mass is 16.1. The van der Waals surface area contributed by atoms with Crippen LogP contribution in [0.25, 0.3) is 0 Å². The van der Waals surface area contributed by atoms with E-state index in [0.717, 1.165) is 11.4 Å². The van der Waals surface area contributed by atoms with Gasteiger partial charge in [0.15, 0.2) is 0 Å². The van der Waals surface area contributed by atoms with Crippen molar-refractivity contribution in [1.29, 1.82) is 0 Å². The van der Waals surface area contributed by atoms with Crippen molar-refractivity contribution >= 4 is 17.5 Å². The summed E-state index contributed by atoms with van der Waals surface area (Å²) in [6.45, 7) is 0.536. The van der Waals surface area contributed by atoms with Gasteiger partial charge >= 0.3 is 0 Å². The van der Waals surface area contributed by atoms with Crippen molar-refractivity contribution in [2.75, 3.05) is 17.7 Å². The zero-order valence-electron chi connectivity index (χ0n) is 10.6. The number of aromatic nitrogens is 2. The molecule has 0 atom stereocenters. The molecule has 19 heavy (non-hydrogen) atoms. The van der Waals surface area contributed by atoms with Crippen molar-refractivity contribution in [3.05, 3.63) is 47.8 Å². The summed E-state index contributed by atoms with van der Waals surface area (Å²) in [6, 6.07) is 7.13. The number of pyridine rings is 2. The van der Waals surface area contributed by atoms with Gasteiger partial charge in [-0.2, -0.15) is 0 Å². The number of hydrogen-bond donors (Lipinski definition) is 3. The molecule has 4 N–H and O–H groups in total. The van der Waals surface area contributed by atoms with E-state index < -0.39 is 5.91 Å². The maximum absolute atomic E-state index is 11.3. The zero-order valence-corrected chi connectivity index (χ0v) is 10.6. The van der Waals surface area contributed by atoms with Gasteiger partial charge in [0.1, 0.15) is 11.6 Å². The molecule has 0 aromatic carbocycles. The molecule has 6 nitrogen and oxygen atoms in total. The first kappa shape index (κ1) is 12.8. The van der Waals surface area contributed by atoms with Gasteiger partial charge in [0.25, 0.3) is 5.91 Å². The Balaban J connectivity index is 2.12. The molecule has 1 amide bonds. The number of carbonyl (C=O) groups is 1. The highest BCUT2D eigenvalue weighted by Gasteiger charge is 2.08. The molecule has 0 saturated heterocycles. The molecular formula is C13H15N5O. The number of nitrogens with zero attached hydrogens (tertiary/aromatic N) is 2. The Bertz CT molecular complexity index is 585. The summed E-state index contributed by atoms with van der Waals surface area (Å²) in [5.41, 5.74) is 6.70. The standard InChI is InChI=1S/C13H15N5O/c1-15-11-7-9(4-6-16-11)8-18-13-10(12(14)19)3-2-5-17-13/h2-7H,8H2,1H3,(H2,14,19)(H,15,16)(H,17,18). The fraction of sp³-hybridized carbons (Fsp3) is 0.154. The van der Waals surface area contributed by atoms with E-state index >= 15 is 0 Å². The molecule has 0 bridgehead atoms. The quantitative estimate of drug-likeness (QED) is 0.749. The first-order valence-corrected chi connectivity index (χ1v) is 5.82. The second-order valence-corrected chi connectivity index (χ2v) is 3.92. The third kappa shape index (κ3) is 3.19. The number of amides is 1. The smallest absolute Gasteiger partial charge is 0.252 e. The average molecular weight is 257 g/mol. The van der Waals surface area contributed by atoms with Gasteiger partial charge in [-0.1, -0.05) is 0 Å². The molecule has 98 valence electrons. The van der Waals surface area contributed by atoms with Crippen molar-refractivity contribution in [3.63, 3.8) is 0 Å². The van der Waals surface area contributed by atoms with Crippen LogP contribution in [-0.2, 0) is 6.54 Å². The van der Waals surface area contributed by atoms with Gasteiger partial charge in [-0.05, 0) is 29.8 Å². The number of hydrogen-bond acceptors (Lipinski definition) is 5. The van der Waals surface area contributed by atoms with Crippen LogP contribution in [-0.4, -0.2) is 22.9 Å². The largest absolute Gasteiger partial charge is 0.373 e. The van der Waals surface area contributed by atoms with Crippen LogP contribution in [0.2, 0.25) is 0 Å². The van der Waals surface area contributed by atoms with Gasteiger partial charge in [0, 0.05) is 26.0 Å². The topological polar surface area (TPSA) is 92.9 Å². The second kappa shape index (κ2) is 5.81. The molecule has 0 radical (unpaired) electrons. The molecule has 2 aromatic rings. The number of primary amides is 1. The van der Waals surface area contributed by atoms with Gasteiger partial charge in [-0.15, -0.1) is 0 Å². The van der Waals surface area contributed by atoms with Gasteiger partial charge in [-0.3, -0.25) is 4.79 Å². The lowest BCUT2D eigenvalue weighted by Gasteiger charge is -2.09. The number of nitrogens with two attached hydrogens (primary N) is 1. The first-order chi connectivity index (χ1) is 9.20. The molecular weight excluding hydrogens is 242 g/mol. The van der Waals surface area contributed by atoms with E-state index in [2.05, 4.69) is 20.6 Å². The van der Waals surface area contributed by atoms with Gasteiger partial charge in [0.2, 0.25) is 0 Å². The van der Waals surface area contributed by atoms with Crippen LogP contribution in [0.5, 0.6) is 0 Å². The second-order valence-electron chi connectivity index (χ2n) is 3.92. The van der Waals surface area contributed by atoms with Crippen molar-refractivity contribution < 1.29 is 4.79 Å². The summed E-state index contributed by atoms with van der Waals surface area (Å²) in [7, 11) is 1.81. The predicted molar refractivity (Wildman–Crippen MR) is 73.9 cm³/mol. The van der Waals surface area contributed by atoms with E-state index in [9.17, 15) is 4.79 Å². The molecule has 2 rings (SSSR count). The number of nitrogens with one attached hydrogen (secondary N) is 2. The van der Waals surface area contributed by atoms with Crippen molar-refractivity contribution in [3.8, 4) is 0 Å². The van der Waals surface area contributed by atoms with Crippen LogP contribution < -0.4 is 16.4 Å². The molecule has 0 aliphatic rings. The lowest BCUT2D eigenvalue weighted by Crippen LogP contribution is -2.15. The molecule has 2 aromatic heterocycles. The maximum Gasteiger partial charge on any atom is 0.252 e. The maximum atomic E-state index is 11.3. The zero-order chi connectivity index (χ0) is 13.7. The average Bonchev–Trinajstić information content (AvgIpc) is 2.45. The Morgan fingerprint density at radius 1 is 1.32 bits per heavy atom. The first-order valence-electron chi connectivity index (χ1n) is 5.82. The lowest BCUT2D eigenvalue weighted by molar-refractivity contribution is 0.100. The summed E-state index contributed by atoms with van der Waals surface area (Å²) in [4.78, 5) is 19.5. The van der Waals surface area contributed by atoms with Crippen molar-refractivity contribution in [2.24, 2.45) is 5.73 Å². The number of carbonyl (C=O) groups excluding carboxylic acids is 1. The molecule has 0 unspecified atom stereocenters.